The number of amides is 1. The van der Waals surface area contributed by atoms with Gasteiger partial charge in [-0.3, -0.25) is 4.79 Å². The number of unbranched alkanes of at least 4 members (excludes halogenated alkanes) is 1. The lowest BCUT2D eigenvalue weighted by molar-refractivity contribution is -0.126. The van der Waals surface area contributed by atoms with Gasteiger partial charge in [0.25, 0.3) is 0 Å². The second kappa shape index (κ2) is 11.3. The number of hydrogen-bond acceptors (Lipinski definition) is 3. The number of rotatable bonds is 8. The summed E-state index contributed by atoms with van der Waals surface area (Å²) in [5.74, 6) is 1.19. The van der Waals surface area contributed by atoms with Crippen molar-refractivity contribution in [2.75, 3.05) is 13.2 Å². The molecule has 0 radical (unpaired) electrons. The summed E-state index contributed by atoms with van der Waals surface area (Å²) in [5, 5.41) is 3.05. The molecular formula is C19H31ClN2O2. The van der Waals surface area contributed by atoms with Crippen LogP contribution in [-0.2, 0) is 11.2 Å². The molecule has 1 aliphatic carbocycles. The smallest absolute Gasteiger partial charge is 0.223 e. The molecule has 2 unspecified atom stereocenters. The van der Waals surface area contributed by atoms with E-state index >= 15 is 0 Å². The molecule has 0 aliphatic heterocycles. The first-order chi connectivity index (χ1) is 11.2. The molecule has 1 aromatic carbocycles. The number of benzene rings is 1. The molecule has 1 amide bonds. The topological polar surface area (TPSA) is 64.3 Å². The normalized spacial score (nSPS) is 20.1. The molecule has 0 heterocycles. The molecule has 0 aromatic heterocycles. The molecule has 3 N–H and O–H groups in total. The molecule has 0 saturated heterocycles. The zero-order valence-electron chi connectivity index (χ0n) is 14.6. The third-order valence-corrected chi connectivity index (χ3v) is 4.49. The molecule has 0 spiro atoms. The molecule has 1 fully saturated rings. The second-order valence-electron chi connectivity index (χ2n) is 6.51. The monoisotopic (exact) mass is 354 g/mol. The SMILES string of the molecule is CCCCOc1ccc(CCNC(=O)C2CCCC(N)C2)cc1.Cl. The molecule has 5 heteroatoms. The van der Waals surface area contributed by atoms with Crippen molar-refractivity contribution in [3.05, 3.63) is 29.8 Å². The molecule has 1 saturated carbocycles. The maximum absolute atomic E-state index is 12.1. The van der Waals surface area contributed by atoms with Gasteiger partial charge < -0.3 is 15.8 Å². The van der Waals surface area contributed by atoms with Gasteiger partial charge in [-0.2, -0.15) is 0 Å². The van der Waals surface area contributed by atoms with Crippen LogP contribution in [0, 0.1) is 5.92 Å². The lowest BCUT2D eigenvalue weighted by Crippen LogP contribution is -2.38. The molecule has 0 bridgehead atoms. The highest BCUT2D eigenvalue weighted by molar-refractivity contribution is 5.85. The van der Waals surface area contributed by atoms with Crippen LogP contribution in [0.4, 0.5) is 0 Å². The highest BCUT2D eigenvalue weighted by Gasteiger charge is 2.24. The van der Waals surface area contributed by atoms with Crippen molar-refractivity contribution in [2.24, 2.45) is 11.7 Å². The Labute approximate surface area is 151 Å². The Bertz CT molecular complexity index is 479. The van der Waals surface area contributed by atoms with Gasteiger partial charge in [0.1, 0.15) is 5.75 Å². The van der Waals surface area contributed by atoms with Crippen LogP contribution in [0.1, 0.15) is 51.0 Å². The predicted molar refractivity (Wildman–Crippen MR) is 101 cm³/mol. The lowest BCUT2D eigenvalue weighted by Gasteiger charge is -2.25. The molecular weight excluding hydrogens is 324 g/mol. The minimum absolute atomic E-state index is 0. The van der Waals surface area contributed by atoms with Crippen LogP contribution >= 0.6 is 12.4 Å². The summed E-state index contributed by atoms with van der Waals surface area (Å²) < 4.78 is 5.65. The summed E-state index contributed by atoms with van der Waals surface area (Å²) in [7, 11) is 0. The van der Waals surface area contributed by atoms with E-state index in [4.69, 9.17) is 10.5 Å². The van der Waals surface area contributed by atoms with Gasteiger partial charge >= 0.3 is 0 Å². The third kappa shape index (κ3) is 7.10. The molecule has 1 aromatic rings. The summed E-state index contributed by atoms with van der Waals surface area (Å²) in [6.45, 7) is 3.61. The van der Waals surface area contributed by atoms with Crippen molar-refractivity contribution >= 4 is 18.3 Å². The average molecular weight is 355 g/mol. The van der Waals surface area contributed by atoms with Crippen molar-refractivity contribution in [3.8, 4) is 5.75 Å². The van der Waals surface area contributed by atoms with Gasteiger partial charge in [-0.15, -0.1) is 12.4 Å². The zero-order valence-corrected chi connectivity index (χ0v) is 15.4. The first-order valence-corrected chi connectivity index (χ1v) is 8.94. The summed E-state index contributed by atoms with van der Waals surface area (Å²) in [6, 6.07) is 8.35. The molecule has 2 atom stereocenters. The van der Waals surface area contributed by atoms with Crippen LogP contribution in [0.3, 0.4) is 0 Å². The zero-order chi connectivity index (χ0) is 16.5. The predicted octanol–water partition coefficient (Wildman–Crippen LogP) is 3.46. The second-order valence-corrected chi connectivity index (χ2v) is 6.51. The van der Waals surface area contributed by atoms with Crippen molar-refractivity contribution in [1.82, 2.24) is 5.32 Å². The van der Waals surface area contributed by atoms with E-state index in [1.807, 2.05) is 12.1 Å². The molecule has 24 heavy (non-hydrogen) atoms. The lowest BCUT2D eigenvalue weighted by atomic mass is 9.85. The number of nitrogens with one attached hydrogen (secondary N) is 1. The van der Waals surface area contributed by atoms with Gasteiger partial charge in [-0.1, -0.05) is 31.9 Å². The van der Waals surface area contributed by atoms with Crippen molar-refractivity contribution in [3.63, 3.8) is 0 Å². The van der Waals surface area contributed by atoms with Crippen LogP contribution < -0.4 is 15.8 Å². The number of hydrogen-bond donors (Lipinski definition) is 2. The van der Waals surface area contributed by atoms with Gasteiger partial charge in [-0.25, -0.2) is 0 Å². The Morgan fingerprint density at radius 2 is 2.04 bits per heavy atom. The Kier molecular flexibility index (Phi) is 9.80. The van der Waals surface area contributed by atoms with Gasteiger partial charge in [0.2, 0.25) is 5.91 Å². The van der Waals surface area contributed by atoms with Crippen LogP contribution in [0.15, 0.2) is 24.3 Å². The number of ether oxygens (including phenoxy) is 1. The molecule has 136 valence electrons. The van der Waals surface area contributed by atoms with Gasteiger partial charge in [0, 0.05) is 18.5 Å². The van der Waals surface area contributed by atoms with Gasteiger partial charge in [0.15, 0.2) is 0 Å². The maximum atomic E-state index is 12.1. The Morgan fingerprint density at radius 3 is 2.71 bits per heavy atom. The summed E-state index contributed by atoms with van der Waals surface area (Å²) >= 11 is 0. The minimum Gasteiger partial charge on any atom is -0.494 e. The fourth-order valence-corrected chi connectivity index (χ4v) is 3.03. The molecule has 1 aliphatic rings. The van der Waals surface area contributed by atoms with Crippen LogP contribution in [0.25, 0.3) is 0 Å². The van der Waals surface area contributed by atoms with E-state index in [1.165, 1.54) is 5.56 Å². The van der Waals surface area contributed by atoms with E-state index in [9.17, 15) is 4.79 Å². The maximum Gasteiger partial charge on any atom is 0.223 e. The number of nitrogens with two attached hydrogens (primary N) is 1. The quantitative estimate of drug-likeness (QED) is 0.702. The van der Waals surface area contributed by atoms with Crippen molar-refractivity contribution < 1.29 is 9.53 Å². The van der Waals surface area contributed by atoms with Crippen molar-refractivity contribution in [1.29, 1.82) is 0 Å². The highest BCUT2D eigenvalue weighted by atomic mass is 35.5. The molecule has 2 rings (SSSR count). The van der Waals surface area contributed by atoms with E-state index in [0.717, 1.165) is 57.3 Å². The van der Waals surface area contributed by atoms with Gasteiger partial charge in [-0.05, 0) is 49.8 Å². The highest BCUT2D eigenvalue weighted by Crippen LogP contribution is 2.23. The minimum atomic E-state index is 0. The number of halogens is 1. The van der Waals surface area contributed by atoms with Crippen LogP contribution in [0.5, 0.6) is 5.75 Å². The van der Waals surface area contributed by atoms with E-state index in [0.29, 0.717) is 6.54 Å². The fraction of sp³-hybridized carbons (Fsp3) is 0.632. The average Bonchev–Trinajstić information content (AvgIpc) is 2.56. The largest absolute Gasteiger partial charge is 0.494 e. The van der Waals surface area contributed by atoms with Gasteiger partial charge in [0.05, 0.1) is 6.61 Å². The van der Waals surface area contributed by atoms with E-state index in [1.54, 1.807) is 0 Å². The standard InChI is InChI=1S/C19H30N2O2.ClH/c1-2-3-13-23-18-9-7-15(8-10-18)11-12-21-19(22)16-5-4-6-17(20)14-16;/h7-10,16-17H,2-6,11-14,20H2,1H3,(H,21,22);1H. The Morgan fingerprint density at radius 1 is 1.29 bits per heavy atom. The summed E-state index contributed by atoms with van der Waals surface area (Å²) in [5.41, 5.74) is 7.16. The first kappa shape index (κ1) is 20.8. The van der Waals surface area contributed by atoms with E-state index in [2.05, 4.69) is 24.4 Å². The van der Waals surface area contributed by atoms with Crippen LogP contribution in [-0.4, -0.2) is 25.1 Å². The van der Waals surface area contributed by atoms with E-state index < -0.39 is 0 Å². The van der Waals surface area contributed by atoms with E-state index in [-0.39, 0.29) is 30.3 Å². The number of carbonyl (C=O) groups is 1. The third-order valence-electron chi connectivity index (χ3n) is 4.49. The van der Waals surface area contributed by atoms with Crippen molar-refractivity contribution in [2.45, 2.75) is 57.9 Å². The summed E-state index contributed by atoms with van der Waals surface area (Å²) in [4.78, 5) is 12.1. The fourth-order valence-electron chi connectivity index (χ4n) is 3.03. The number of carbonyl (C=O) groups excluding carboxylic acids is 1. The molecule has 4 nitrogen and oxygen atoms in total. The summed E-state index contributed by atoms with van der Waals surface area (Å²) in [6.07, 6.45) is 7.00. The first-order valence-electron chi connectivity index (χ1n) is 8.94. The Hall–Kier alpha value is -1.26. The van der Waals surface area contributed by atoms with Crippen LogP contribution in [0.2, 0.25) is 0 Å². The Balaban J connectivity index is 0.00000288.